The van der Waals surface area contributed by atoms with Crippen molar-refractivity contribution in [2.24, 2.45) is 4.99 Å². The zero-order valence-corrected chi connectivity index (χ0v) is 13.8. The van der Waals surface area contributed by atoms with E-state index in [-0.39, 0.29) is 5.91 Å². The van der Waals surface area contributed by atoms with Gasteiger partial charge in [-0.25, -0.2) is 0 Å². The van der Waals surface area contributed by atoms with Crippen LogP contribution in [0, 0.1) is 6.92 Å². The monoisotopic (exact) mass is 320 g/mol. The highest BCUT2D eigenvalue weighted by Crippen LogP contribution is 2.22. The van der Waals surface area contributed by atoms with Crippen LogP contribution in [0.4, 0.5) is 5.69 Å². The minimum absolute atomic E-state index is 0.186. The highest BCUT2D eigenvalue weighted by Gasteiger charge is 2.10. The van der Waals surface area contributed by atoms with Crippen molar-refractivity contribution < 1.29 is 4.79 Å². The SMILES string of the molecule is CCN=C(NC(=O)c1ccc(C)cc1)Nc1c[nH]c2ccccc12. The number of carbonyl (C=O) groups is 1. The van der Waals surface area contributed by atoms with Gasteiger partial charge < -0.3 is 10.3 Å². The van der Waals surface area contributed by atoms with Crippen molar-refractivity contribution >= 4 is 28.5 Å². The number of aromatic nitrogens is 1. The summed E-state index contributed by atoms with van der Waals surface area (Å²) in [5.74, 6) is 0.252. The number of aryl methyl sites for hydroxylation is 1. The predicted octanol–water partition coefficient (Wildman–Crippen LogP) is 3.69. The van der Waals surface area contributed by atoms with Gasteiger partial charge in [0.2, 0.25) is 5.96 Å². The molecule has 0 radical (unpaired) electrons. The molecule has 0 atom stereocenters. The van der Waals surface area contributed by atoms with E-state index < -0.39 is 0 Å². The molecule has 1 amide bonds. The molecule has 2 aromatic carbocycles. The van der Waals surface area contributed by atoms with Crippen LogP contribution in [-0.4, -0.2) is 23.4 Å². The summed E-state index contributed by atoms with van der Waals surface area (Å²) in [5, 5.41) is 7.09. The van der Waals surface area contributed by atoms with E-state index in [1.807, 2.05) is 56.4 Å². The van der Waals surface area contributed by atoms with Crippen LogP contribution in [0.1, 0.15) is 22.8 Å². The van der Waals surface area contributed by atoms with Crippen LogP contribution in [0.2, 0.25) is 0 Å². The summed E-state index contributed by atoms with van der Waals surface area (Å²) < 4.78 is 0. The Balaban J connectivity index is 1.79. The van der Waals surface area contributed by atoms with Crippen molar-refractivity contribution in [2.75, 3.05) is 11.9 Å². The number of benzene rings is 2. The number of para-hydroxylation sites is 1. The molecule has 24 heavy (non-hydrogen) atoms. The van der Waals surface area contributed by atoms with Gasteiger partial charge in [0.1, 0.15) is 0 Å². The minimum Gasteiger partial charge on any atom is -0.359 e. The van der Waals surface area contributed by atoms with E-state index in [2.05, 4.69) is 20.6 Å². The number of hydrogen-bond acceptors (Lipinski definition) is 2. The van der Waals surface area contributed by atoms with Gasteiger partial charge in [0.25, 0.3) is 5.91 Å². The molecule has 0 saturated carbocycles. The first-order valence-corrected chi connectivity index (χ1v) is 7.93. The Kier molecular flexibility index (Phi) is 4.61. The number of hydrogen-bond donors (Lipinski definition) is 3. The van der Waals surface area contributed by atoms with Crippen LogP contribution < -0.4 is 10.6 Å². The lowest BCUT2D eigenvalue weighted by atomic mass is 10.1. The number of amides is 1. The Hall–Kier alpha value is -3.08. The molecule has 0 spiro atoms. The Morgan fingerprint density at radius 2 is 1.88 bits per heavy atom. The third kappa shape index (κ3) is 3.46. The fraction of sp³-hybridized carbons (Fsp3) is 0.158. The van der Waals surface area contributed by atoms with Crippen molar-refractivity contribution in [2.45, 2.75) is 13.8 Å². The second-order valence-corrected chi connectivity index (χ2v) is 5.52. The standard InChI is InChI=1S/C19H20N4O/c1-3-20-19(23-18(24)14-10-8-13(2)9-11-14)22-17-12-21-16-7-5-4-6-15(16)17/h4-12,21H,3H2,1-2H3,(H2,20,22,23,24). The predicted molar refractivity (Wildman–Crippen MR) is 98.5 cm³/mol. The molecule has 5 heteroatoms. The lowest BCUT2D eigenvalue weighted by molar-refractivity contribution is 0.0977. The van der Waals surface area contributed by atoms with E-state index in [9.17, 15) is 4.79 Å². The third-order valence-electron chi connectivity index (χ3n) is 3.70. The van der Waals surface area contributed by atoms with Gasteiger partial charge in [-0.1, -0.05) is 35.9 Å². The van der Waals surface area contributed by atoms with Crippen molar-refractivity contribution in [3.05, 3.63) is 65.9 Å². The van der Waals surface area contributed by atoms with Gasteiger partial charge in [-0.05, 0) is 32.0 Å². The largest absolute Gasteiger partial charge is 0.359 e. The fourth-order valence-corrected chi connectivity index (χ4v) is 2.46. The van der Waals surface area contributed by atoms with Gasteiger partial charge in [-0.3, -0.25) is 15.1 Å². The first-order chi connectivity index (χ1) is 11.7. The topological polar surface area (TPSA) is 69.3 Å². The van der Waals surface area contributed by atoms with Crippen LogP contribution in [-0.2, 0) is 0 Å². The average Bonchev–Trinajstić information content (AvgIpc) is 2.99. The van der Waals surface area contributed by atoms with Crippen molar-refractivity contribution in [3.63, 3.8) is 0 Å². The molecule has 3 N–H and O–H groups in total. The Morgan fingerprint density at radius 1 is 1.12 bits per heavy atom. The molecular weight excluding hydrogens is 300 g/mol. The molecule has 122 valence electrons. The summed E-state index contributed by atoms with van der Waals surface area (Å²) in [4.78, 5) is 19.9. The molecule has 1 aromatic heterocycles. The molecule has 1 heterocycles. The molecule has 0 aliphatic rings. The number of fused-ring (bicyclic) bond motifs is 1. The summed E-state index contributed by atoms with van der Waals surface area (Å²) in [6, 6.07) is 15.4. The van der Waals surface area contributed by atoms with Crippen LogP contribution >= 0.6 is 0 Å². The van der Waals surface area contributed by atoms with E-state index in [1.54, 1.807) is 12.1 Å². The van der Waals surface area contributed by atoms with Crippen molar-refractivity contribution in [3.8, 4) is 0 Å². The summed E-state index contributed by atoms with van der Waals surface area (Å²) in [6.07, 6.45) is 1.87. The number of guanidine groups is 1. The summed E-state index contributed by atoms with van der Waals surface area (Å²) in [5.41, 5.74) is 3.62. The molecule has 3 aromatic rings. The number of nitrogens with one attached hydrogen (secondary N) is 3. The Bertz CT molecular complexity index is 878. The smallest absolute Gasteiger partial charge is 0.257 e. The van der Waals surface area contributed by atoms with Gasteiger partial charge in [0.05, 0.1) is 5.69 Å². The Morgan fingerprint density at radius 3 is 2.62 bits per heavy atom. The fourth-order valence-electron chi connectivity index (χ4n) is 2.46. The van der Waals surface area contributed by atoms with Gasteiger partial charge in [0.15, 0.2) is 0 Å². The first-order valence-electron chi connectivity index (χ1n) is 7.93. The maximum absolute atomic E-state index is 12.4. The minimum atomic E-state index is -0.186. The number of nitrogens with zero attached hydrogens (tertiary/aromatic N) is 1. The van der Waals surface area contributed by atoms with E-state index >= 15 is 0 Å². The lowest BCUT2D eigenvalue weighted by Crippen LogP contribution is -2.36. The van der Waals surface area contributed by atoms with Crippen LogP contribution in [0.15, 0.2) is 59.7 Å². The number of rotatable bonds is 3. The Labute approximate surface area is 140 Å². The van der Waals surface area contributed by atoms with Crippen molar-refractivity contribution in [1.29, 1.82) is 0 Å². The van der Waals surface area contributed by atoms with E-state index in [0.717, 1.165) is 22.2 Å². The zero-order valence-electron chi connectivity index (χ0n) is 13.8. The number of H-pyrrole nitrogens is 1. The molecule has 0 aliphatic heterocycles. The third-order valence-corrected chi connectivity index (χ3v) is 3.70. The van der Waals surface area contributed by atoms with Gasteiger partial charge in [-0.2, -0.15) is 0 Å². The molecule has 3 rings (SSSR count). The van der Waals surface area contributed by atoms with E-state index in [0.29, 0.717) is 18.1 Å². The van der Waals surface area contributed by atoms with Crippen molar-refractivity contribution in [1.82, 2.24) is 10.3 Å². The van der Waals surface area contributed by atoms with E-state index in [4.69, 9.17) is 0 Å². The normalized spacial score (nSPS) is 11.5. The molecule has 0 saturated heterocycles. The summed E-state index contributed by atoms with van der Waals surface area (Å²) in [6.45, 7) is 4.48. The van der Waals surface area contributed by atoms with Gasteiger partial charge in [0, 0.05) is 29.2 Å². The molecule has 0 bridgehead atoms. The summed E-state index contributed by atoms with van der Waals surface area (Å²) in [7, 11) is 0. The maximum atomic E-state index is 12.4. The maximum Gasteiger partial charge on any atom is 0.257 e. The van der Waals surface area contributed by atoms with E-state index in [1.165, 1.54) is 0 Å². The van der Waals surface area contributed by atoms with Gasteiger partial charge >= 0.3 is 0 Å². The lowest BCUT2D eigenvalue weighted by Gasteiger charge is -2.11. The highest BCUT2D eigenvalue weighted by molar-refractivity contribution is 6.12. The number of carbonyl (C=O) groups excluding carboxylic acids is 1. The molecule has 5 nitrogen and oxygen atoms in total. The van der Waals surface area contributed by atoms with Crippen LogP contribution in [0.25, 0.3) is 10.9 Å². The van der Waals surface area contributed by atoms with Gasteiger partial charge in [-0.15, -0.1) is 0 Å². The molecular formula is C19H20N4O. The van der Waals surface area contributed by atoms with Crippen LogP contribution in [0.5, 0.6) is 0 Å². The number of aliphatic imine (C=N–C) groups is 1. The summed E-state index contributed by atoms with van der Waals surface area (Å²) >= 11 is 0. The second kappa shape index (κ2) is 7.00. The molecule has 0 unspecified atom stereocenters. The highest BCUT2D eigenvalue weighted by atomic mass is 16.1. The average molecular weight is 320 g/mol. The quantitative estimate of drug-likeness (QED) is 0.509. The second-order valence-electron chi connectivity index (χ2n) is 5.52. The molecule has 0 aliphatic carbocycles. The van der Waals surface area contributed by atoms with Crippen LogP contribution in [0.3, 0.4) is 0 Å². The number of aromatic amines is 1. The number of anilines is 1. The molecule has 0 fully saturated rings. The zero-order chi connectivity index (χ0) is 16.9. The first kappa shape index (κ1) is 15.8.